The summed E-state index contributed by atoms with van der Waals surface area (Å²) < 4.78 is 5.14. The van der Waals surface area contributed by atoms with Crippen molar-refractivity contribution in [3.63, 3.8) is 0 Å². The molecule has 0 fully saturated rings. The normalized spacial score (nSPS) is 12.1. The van der Waals surface area contributed by atoms with E-state index in [4.69, 9.17) is 9.68 Å². The summed E-state index contributed by atoms with van der Waals surface area (Å²) in [5.41, 5.74) is 0.556. The molecule has 0 bridgehead atoms. The maximum Gasteiger partial charge on any atom is 0.183 e. The van der Waals surface area contributed by atoms with Crippen molar-refractivity contribution in [2.24, 2.45) is 5.92 Å². The summed E-state index contributed by atoms with van der Waals surface area (Å²) in [6, 6.07) is 3.64. The Morgan fingerprint density at radius 1 is 1.64 bits per heavy atom. The van der Waals surface area contributed by atoms with Crippen molar-refractivity contribution >= 4 is 5.78 Å². The predicted octanol–water partition coefficient (Wildman–Crippen LogP) is 2.57. The van der Waals surface area contributed by atoms with Crippen LogP contribution < -0.4 is 0 Å². The molecule has 14 heavy (non-hydrogen) atoms. The average molecular weight is 191 g/mol. The molecule has 0 N–H and O–H groups in total. The first kappa shape index (κ1) is 10.5. The zero-order chi connectivity index (χ0) is 10.6. The monoisotopic (exact) mass is 191 g/mol. The zero-order valence-electron chi connectivity index (χ0n) is 8.41. The maximum absolute atomic E-state index is 11.8. The quantitative estimate of drug-likeness (QED) is 0.687. The summed E-state index contributed by atoms with van der Waals surface area (Å²) >= 11 is 0. The lowest BCUT2D eigenvalue weighted by Gasteiger charge is -2.03. The van der Waals surface area contributed by atoms with Crippen LogP contribution in [0.5, 0.6) is 0 Å². The van der Waals surface area contributed by atoms with Gasteiger partial charge < -0.3 is 4.42 Å². The number of nitrogens with zero attached hydrogens (tertiary/aromatic N) is 1. The topological polar surface area (TPSA) is 54.0 Å². The second-order valence-electron chi connectivity index (χ2n) is 3.07. The predicted molar refractivity (Wildman–Crippen MR) is 51.8 cm³/mol. The molecule has 0 saturated carbocycles. The minimum atomic E-state index is -0.544. The Bertz CT molecular complexity index is 360. The second kappa shape index (κ2) is 4.61. The molecule has 0 radical (unpaired) electrons. The fourth-order valence-corrected chi connectivity index (χ4v) is 1.36. The van der Waals surface area contributed by atoms with Crippen LogP contribution in [0.25, 0.3) is 0 Å². The highest BCUT2D eigenvalue weighted by molar-refractivity contribution is 6.00. The maximum atomic E-state index is 11.8. The molecule has 0 amide bonds. The van der Waals surface area contributed by atoms with E-state index < -0.39 is 5.92 Å². The van der Waals surface area contributed by atoms with Gasteiger partial charge in [0.1, 0.15) is 11.7 Å². The van der Waals surface area contributed by atoms with Crippen LogP contribution in [0.15, 0.2) is 16.7 Å². The molecule has 1 atom stereocenters. The lowest BCUT2D eigenvalue weighted by atomic mass is 9.96. The fourth-order valence-electron chi connectivity index (χ4n) is 1.36. The van der Waals surface area contributed by atoms with E-state index in [2.05, 4.69) is 0 Å². The van der Waals surface area contributed by atoms with Crippen LogP contribution in [0, 0.1) is 17.2 Å². The molecule has 0 aliphatic heterocycles. The number of Topliss-reactive ketones (excluding diaryl/α,β-unsaturated/α-hetero) is 1. The van der Waals surface area contributed by atoms with Gasteiger partial charge in [-0.15, -0.1) is 0 Å². The Hall–Kier alpha value is -1.56. The number of hydrogen-bond acceptors (Lipinski definition) is 3. The van der Waals surface area contributed by atoms with Crippen molar-refractivity contribution in [2.75, 3.05) is 0 Å². The third-order valence-corrected chi connectivity index (χ3v) is 2.21. The largest absolute Gasteiger partial charge is 0.469 e. The second-order valence-corrected chi connectivity index (χ2v) is 3.07. The van der Waals surface area contributed by atoms with Crippen LogP contribution >= 0.6 is 0 Å². The van der Waals surface area contributed by atoms with Gasteiger partial charge in [-0.3, -0.25) is 4.79 Å². The Morgan fingerprint density at radius 2 is 2.36 bits per heavy atom. The Morgan fingerprint density at radius 3 is 2.86 bits per heavy atom. The lowest BCUT2D eigenvalue weighted by Crippen LogP contribution is -2.12. The first-order valence-electron chi connectivity index (χ1n) is 4.74. The number of carbonyl (C=O) groups is 1. The van der Waals surface area contributed by atoms with Crippen LogP contribution in [0.2, 0.25) is 0 Å². The Kier molecular flexibility index (Phi) is 3.47. The highest BCUT2D eigenvalue weighted by atomic mass is 16.3. The summed E-state index contributed by atoms with van der Waals surface area (Å²) in [5.74, 6) is 0.00204. The molecule has 1 aromatic heterocycles. The molecule has 1 unspecified atom stereocenters. The number of rotatable bonds is 4. The summed E-state index contributed by atoms with van der Waals surface area (Å²) in [5, 5.41) is 8.76. The molecule has 0 aliphatic carbocycles. The van der Waals surface area contributed by atoms with Gasteiger partial charge in [-0.1, -0.05) is 13.8 Å². The van der Waals surface area contributed by atoms with Crippen LogP contribution in [0.3, 0.4) is 0 Å². The third-order valence-electron chi connectivity index (χ3n) is 2.21. The van der Waals surface area contributed by atoms with Crippen molar-refractivity contribution in [1.82, 2.24) is 0 Å². The minimum Gasteiger partial charge on any atom is -0.469 e. The van der Waals surface area contributed by atoms with Gasteiger partial charge in [-0.05, 0) is 12.5 Å². The number of aryl methyl sites for hydroxylation is 1. The number of carbonyl (C=O) groups excluding carboxylic acids is 1. The van der Waals surface area contributed by atoms with Gasteiger partial charge in [0.2, 0.25) is 0 Å². The summed E-state index contributed by atoms with van der Waals surface area (Å²) in [7, 11) is 0. The lowest BCUT2D eigenvalue weighted by molar-refractivity contribution is 0.0944. The van der Waals surface area contributed by atoms with Gasteiger partial charge in [0, 0.05) is 6.42 Å². The van der Waals surface area contributed by atoms with E-state index in [0.29, 0.717) is 24.2 Å². The van der Waals surface area contributed by atoms with Gasteiger partial charge in [0.15, 0.2) is 5.78 Å². The van der Waals surface area contributed by atoms with Gasteiger partial charge in [-0.2, -0.15) is 5.26 Å². The highest BCUT2D eigenvalue weighted by Crippen LogP contribution is 2.17. The van der Waals surface area contributed by atoms with Crippen molar-refractivity contribution in [3.05, 3.63) is 23.7 Å². The molecule has 0 saturated heterocycles. The molecule has 1 rings (SSSR count). The van der Waals surface area contributed by atoms with E-state index in [-0.39, 0.29) is 5.78 Å². The summed E-state index contributed by atoms with van der Waals surface area (Å²) in [4.78, 5) is 11.8. The van der Waals surface area contributed by atoms with Gasteiger partial charge in [0.25, 0.3) is 0 Å². The molecule has 0 spiro atoms. The molecule has 0 aromatic carbocycles. The van der Waals surface area contributed by atoms with Crippen LogP contribution in [-0.2, 0) is 6.42 Å². The fraction of sp³-hybridized carbons (Fsp3) is 0.455. The molecule has 1 heterocycles. The third kappa shape index (κ3) is 1.85. The van der Waals surface area contributed by atoms with Crippen molar-refractivity contribution < 1.29 is 9.21 Å². The summed E-state index contributed by atoms with van der Waals surface area (Å²) in [6.45, 7) is 3.75. The van der Waals surface area contributed by atoms with E-state index in [0.717, 1.165) is 0 Å². The minimum absolute atomic E-state index is 0.124. The van der Waals surface area contributed by atoms with Crippen LogP contribution in [0.1, 0.15) is 36.4 Å². The standard InChI is InChI=1S/C11H13NO2/c1-3-8(7-12)11(13)9-5-6-14-10(9)4-2/h5-6,8H,3-4H2,1-2H3. The van der Waals surface area contributed by atoms with Crippen LogP contribution in [-0.4, -0.2) is 5.78 Å². The SMILES string of the molecule is CCc1occc1C(=O)C(C#N)CC. The van der Waals surface area contributed by atoms with E-state index in [1.807, 2.05) is 19.9 Å². The zero-order valence-corrected chi connectivity index (χ0v) is 8.41. The molecular formula is C11H13NO2. The number of nitriles is 1. The van der Waals surface area contributed by atoms with Gasteiger partial charge in [0.05, 0.1) is 17.9 Å². The molecular weight excluding hydrogens is 178 g/mol. The van der Waals surface area contributed by atoms with E-state index in [1.165, 1.54) is 6.26 Å². The highest BCUT2D eigenvalue weighted by Gasteiger charge is 2.21. The molecule has 74 valence electrons. The molecule has 0 aliphatic rings. The molecule has 3 heteroatoms. The number of hydrogen-bond donors (Lipinski definition) is 0. The smallest absolute Gasteiger partial charge is 0.183 e. The number of ketones is 1. The van der Waals surface area contributed by atoms with Crippen molar-refractivity contribution in [3.8, 4) is 6.07 Å². The first-order chi connectivity index (χ1) is 6.74. The summed E-state index contributed by atoms with van der Waals surface area (Å²) in [6.07, 6.45) is 2.72. The molecule has 3 nitrogen and oxygen atoms in total. The average Bonchev–Trinajstić information content (AvgIpc) is 2.67. The van der Waals surface area contributed by atoms with E-state index >= 15 is 0 Å². The first-order valence-corrected chi connectivity index (χ1v) is 4.74. The molecule has 1 aromatic rings. The van der Waals surface area contributed by atoms with E-state index in [9.17, 15) is 4.79 Å². The van der Waals surface area contributed by atoms with Gasteiger partial charge in [-0.25, -0.2) is 0 Å². The van der Waals surface area contributed by atoms with Gasteiger partial charge >= 0.3 is 0 Å². The van der Waals surface area contributed by atoms with Crippen LogP contribution in [0.4, 0.5) is 0 Å². The Labute approximate surface area is 83.3 Å². The number of furan rings is 1. The van der Waals surface area contributed by atoms with Crippen molar-refractivity contribution in [1.29, 1.82) is 5.26 Å². The van der Waals surface area contributed by atoms with Crippen molar-refractivity contribution in [2.45, 2.75) is 26.7 Å². The van der Waals surface area contributed by atoms with E-state index in [1.54, 1.807) is 6.07 Å². The Balaban J connectivity index is 2.95.